The molecule has 1 aliphatic heterocycles. The maximum atomic E-state index is 13.3. The van der Waals surface area contributed by atoms with Crippen molar-refractivity contribution in [1.29, 1.82) is 0 Å². The third-order valence-electron chi connectivity index (χ3n) is 4.44. The van der Waals surface area contributed by atoms with E-state index in [1.165, 1.54) is 4.90 Å². The van der Waals surface area contributed by atoms with Crippen molar-refractivity contribution in [1.82, 2.24) is 24.7 Å². The lowest BCUT2D eigenvalue weighted by atomic mass is 10.1. The van der Waals surface area contributed by atoms with Gasteiger partial charge in [-0.3, -0.25) is 0 Å². The molecule has 0 N–H and O–H groups in total. The third kappa shape index (κ3) is 3.19. The number of alkyl halides is 3. The SMILES string of the molecule is CC(C)c1nnc2n1CCN(c1nc(N(C)C)cc(C(F)(F)F)n1)C2C. The van der Waals surface area contributed by atoms with Crippen molar-refractivity contribution < 1.29 is 13.2 Å². The van der Waals surface area contributed by atoms with Gasteiger partial charge in [0.05, 0.1) is 6.04 Å². The van der Waals surface area contributed by atoms with Crippen molar-refractivity contribution in [3.8, 4) is 0 Å². The Morgan fingerprint density at radius 2 is 1.85 bits per heavy atom. The molecule has 0 aliphatic carbocycles. The van der Waals surface area contributed by atoms with E-state index in [9.17, 15) is 13.2 Å². The molecule has 1 unspecified atom stereocenters. The van der Waals surface area contributed by atoms with Crippen LogP contribution in [0.3, 0.4) is 0 Å². The molecule has 1 aliphatic rings. The molecule has 0 saturated carbocycles. The zero-order valence-electron chi connectivity index (χ0n) is 15.4. The summed E-state index contributed by atoms with van der Waals surface area (Å²) in [6.45, 7) is 7.02. The van der Waals surface area contributed by atoms with Crippen LogP contribution in [0.25, 0.3) is 0 Å². The molecule has 0 fully saturated rings. The number of aromatic nitrogens is 5. The quantitative estimate of drug-likeness (QED) is 0.829. The van der Waals surface area contributed by atoms with E-state index < -0.39 is 11.9 Å². The lowest BCUT2D eigenvalue weighted by molar-refractivity contribution is -0.141. The standard InChI is InChI=1S/C16H22F3N7/c1-9(2)13-22-23-14-10(3)25(6-7-26(13)14)15-20-11(16(17,18)19)8-12(21-15)24(4)5/h8-10H,6-7H2,1-5H3. The lowest BCUT2D eigenvalue weighted by Gasteiger charge is -2.34. The molecular formula is C16H22F3N7. The Labute approximate surface area is 149 Å². The second kappa shape index (κ2) is 6.40. The molecule has 3 rings (SSSR count). The van der Waals surface area contributed by atoms with Crippen molar-refractivity contribution in [3.63, 3.8) is 0 Å². The number of rotatable bonds is 3. The van der Waals surface area contributed by atoms with Gasteiger partial charge in [0.25, 0.3) is 0 Å². The molecule has 0 aromatic carbocycles. The second-order valence-electron chi connectivity index (χ2n) is 6.90. The molecule has 0 bridgehead atoms. The van der Waals surface area contributed by atoms with E-state index in [1.807, 2.05) is 25.3 Å². The van der Waals surface area contributed by atoms with E-state index in [-0.39, 0.29) is 23.7 Å². The van der Waals surface area contributed by atoms with Gasteiger partial charge in [-0.1, -0.05) is 13.8 Å². The number of anilines is 2. The summed E-state index contributed by atoms with van der Waals surface area (Å²) >= 11 is 0. The van der Waals surface area contributed by atoms with Gasteiger partial charge in [0.2, 0.25) is 5.95 Å². The van der Waals surface area contributed by atoms with Crippen LogP contribution < -0.4 is 9.80 Å². The Morgan fingerprint density at radius 1 is 1.15 bits per heavy atom. The summed E-state index contributed by atoms with van der Waals surface area (Å²) < 4.78 is 41.8. The monoisotopic (exact) mass is 369 g/mol. The summed E-state index contributed by atoms with van der Waals surface area (Å²) in [4.78, 5) is 11.4. The highest BCUT2D eigenvalue weighted by Gasteiger charge is 2.36. The van der Waals surface area contributed by atoms with Crippen molar-refractivity contribution in [2.24, 2.45) is 0 Å². The average molecular weight is 369 g/mol. The van der Waals surface area contributed by atoms with Gasteiger partial charge < -0.3 is 14.4 Å². The summed E-state index contributed by atoms with van der Waals surface area (Å²) in [5.74, 6) is 2.08. The summed E-state index contributed by atoms with van der Waals surface area (Å²) in [5.41, 5.74) is -0.951. The minimum Gasteiger partial charge on any atom is -0.363 e. The highest BCUT2D eigenvalue weighted by molar-refractivity contribution is 5.47. The smallest absolute Gasteiger partial charge is 0.363 e. The minimum atomic E-state index is -4.54. The molecule has 3 heterocycles. The largest absolute Gasteiger partial charge is 0.433 e. The molecule has 0 radical (unpaired) electrons. The number of halogens is 3. The van der Waals surface area contributed by atoms with Gasteiger partial charge >= 0.3 is 6.18 Å². The molecule has 7 nitrogen and oxygen atoms in total. The van der Waals surface area contributed by atoms with Crippen molar-refractivity contribution in [2.45, 2.75) is 45.5 Å². The van der Waals surface area contributed by atoms with Crippen molar-refractivity contribution in [2.75, 3.05) is 30.4 Å². The molecule has 1 atom stereocenters. The predicted molar refractivity (Wildman–Crippen MR) is 91.2 cm³/mol. The molecule has 2 aromatic heterocycles. The van der Waals surface area contributed by atoms with Gasteiger partial charge in [-0.15, -0.1) is 10.2 Å². The minimum absolute atomic E-state index is 0.0522. The van der Waals surface area contributed by atoms with Crippen molar-refractivity contribution in [3.05, 3.63) is 23.4 Å². The molecule has 0 spiro atoms. The van der Waals surface area contributed by atoms with E-state index in [4.69, 9.17) is 0 Å². The Kier molecular flexibility index (Phi) is 4.53. The number of hydrogen-bond donors (Lipinski definition) is 0. The first-order chi connectivity index (χ1) is 12.1. The number of fused-ring (bicyclic) bond motifs is 1. The first-order valence-corrected chi connectivity index (χ1v) is 8.42. The molecule has 10 heteroatoms. The van der Waals surface area contributed by atoms with E-state index in [0.717, 1.165) is 11.9 Å². The fourth-order valence-corrected chi connectivity index (χ4v) is 3.03. The zero-order chi connectivity index (χ0) is 19.2. The Hall–Kier alpha value is -2.39. The maximum absolute atomic E-state index is 13.3. The summed E-state index contributed by atoms with van der Waals surface area (Å²) in [5, 5.41) is 8.48. The van der Waals surface area contributed by atoms with E-state index in [2.05, 4.69) is 20.2 Å². The molecule has 26 heavy (non-hydrogen) atoms. The lowest BCUT2D eigenvalue weighted by Crippen LogP contribution is -2.39. The van der Waals surface area contributed by atoms with Gasteiger partial charge in [0, 0.05) is 39.2 Å². The van der Waals surface area contributed by atoms with Crippen LogP contribution in [0.15, 0.2) is 6.07 Å². The van der Waals surface area contributed by atoms with Gasteiger partial charge in [0.15, 0.2) is 11.5 Å². The molecule has 0 saturated heterocycles. The maximum Gasteiger partial charge on any atom is 0.433 e. The van der Waals surface area contributed by atoms with E-state index >= 15 is 0 Å². The number of nitrogens with zero attached hydrogens (tertiary/aromatic N) is 7. The molecule has 142 valence electrons. The van der Waals surface area contributed by atoms with E-state index in [1.54, 1.807) is 19.0 Å². The first kappa shape index (κ1) is 18.4. The summed E-state index contributed by atoms with van der Waals surface area (Å²) in [7, 11) is 3.30. The van der Waals surface area contributed by atoms with Gasteiger partial charge in [-0.2, -0.15) is 18.2 Å². The average Bonchev–Trinajstić information content (AvgIpc) is 2.99. The van der Waals surface area contributed by atoms with Crippen molar-refractivity contribution >= 4 is 11.8 Å². The summed E-state index contributed by atoms with van der Waals surface area (Å²) in [6, 6.07) is 0.680. The first-order valence-electron chi connectivity index (χ1n) is 8.42. The fraction of sp³-hybridized carbons (Fsp3) is 0.625. The van der Waals surface area contributed by atoms with Crippen LogP contribution in [-0.4, -0.2) is 45.4 Å². The van der Waals surface area contributed by atoms with Crippen LogP contribution in [0.5, 0.6) is 0 Å². The Balaban J connectivity index is 2.02. The highest BCUT2D eigenvalue weighted by Crippen LogP contribution is 2.34. The van der Waals surface area contributed by atoms with Crippen LogP contribution in [0.1, 0.15) is 50.1 Å². The van der Waals surface area contributed by atoms with Crippen LogP contribution in [0.2, 0.25) is 0 Å². The summed E-state index contributed by atoms with van der Waals surface area (Å²) in [6.07, 6.45) is -4.54. The molecule has 2 aromatic rings. The van der Waals surface area contributed by atoms with Crippen LogP contribution in [-0.2, 0) is 12.7 Å². The Bertz CT molecular complexity index is 798. The molecule has 0 amide bonds. The fourth-order valence-electron chi connectivity index (χ4n) is 3.03. The van der Waals surface area contributed by atoms with Crippen LogP contribution in [0, 0.1) is 0 Å². The van der Waals surface area contributed by atoms with Gasteiger partial charge in [-0.05, 0) is 6.92 Å². The van der Waals surface area contributed by atoms with E-state index in [0.29, 0.717) is 18.9 Å². The predicted octanol–water partition coefficient (Wildman–Crippen LogP) is 2.86. The highest BCUT2D eigenvalue weighted by atomic mass is 19.4. The molecular weight excluding hydrogens is 347 g/mol. The van der Waals surface area contributed by atoms with Crippen LogP contribution >= 0.6 is 0 Å². The Morgan fingerprint density at radius 3 is 2.42 bits per heavy atom. The zero-order valence-corrected chi connectivity index (χ0v) is 15.4. The van der Waals surface area contributed by atoms with Gasteiger partial charge in [0.1, 0.15) is 11.6 Å². The van der Waals surface area contributed by atoms with Gasteiger partial charge in [-0.25, -0.2) is 4.98 Å². The second-order valence-corrected chi connectivity index (χ2v) is 6.90. The number of hydrogen-bond acceptors (Lipinski definition) is 6. The topological polar surface area (TPSA) is 63.0 Å². The third-order valence-corrected chi connectivity index (χ3v) is 4.44. The van der Waals surface area contributed by atoms with Crippen LogP contribution in [0.4, 0.5) is 24.9 Å². The normalized spacial score (nSPS) is 17.6.